The Kier molecular flexibility index (Phi) is 4.79. The second-order valence-electron chi connectivity index (χ2n) is 5.33. The molecular formula is C20H18N2O. The van der Waals surface area contributed by atoms with Gasteiger partial charge in [-0.25, -0.2) is 0 Å². The molecule has 0 radical (unpaired) electrons. The van der Waals surface area contributed by atoms with Gasteiger partial charge in [0.1, 0.15) is 0 Å². The molecule has 1 amide bonds. The maximum absolute atomic E-state index is 12.9. The summed E-state index contributed by atoms with van der Waals surface area (Å²) in [6, 6.07) is 25.1. The Bertz CT molecular complexity index is 701. The van der Waals surface area contributed by atoms with Gasteiger partial charge >= 0.3 is 0 Å². The average molecular weight is 302 g/mol. The van der Waals surface area contributed by atoms with Gasteiger partial charge in [0.05, 0.1) is 12.2 Å². The average Bonchev–Trinajstić information content (AvgIpc) is 2.63. The van der Waals surface area contributed by atoms with Gasteiger partial charge in [-0.3, -0.25) is 9.78 Å². The van der Waals surface area contributed by atoms with Crippen LogP contribution in [0.3, 0.4) is 0 Å². The van der Waals surface area contributed by atoms with Gasteiger partial charge in [0, 0.05) is 18.3 Å². The Morgan fingerprint density at radius 1 is 0.783 bits per heavy atom. The van der Waals surface area contributed by atoms with Gasteiger partial charge in [-0.15, -0.1) is 0 Å². The number of carbonyl (C=O) groups is 1. The summed E-state index contributed by atoms with van der Waals surface area (Å²) in [7, 11) is 0. The molecule has 1 heterocycles. The summed E-state index contributed by atoms with van der Waals surface area (Å²) in [4.78, 5) is 19.0. The number of benzene rings is 2. The van der Waals surface area contributed by atoms with Gasteiger partial charge in [0.25, 0.3) is 5.91 Å². The summed E-state index contributed by atoms with van der Waals surface area (Å²) in [5, 5.41) is 0. The smallest absolute Gasteiger partial charge is 0.254 e. The first-order valence-corrected chi connectivity index (χ1v) is 7.61. The Balaban J connectivity index is 1.85. The lowest BCUT2D eigenvalue weighted by Crippen LogP contribution is -2.30. The van der Waals surface area contributed by atoms with Crippen molar-refractivity contribution in [3.63, 3.8) is 0 Å². The zero-order valence-corrected chi connectivity index (χ0v) is 12.8. The molecule has 3 aromatic rings. The van der Waals surface area contributed by atoms with Crippen molar-refractivity contribution in [2.24, 2.45) is 0 Å². The van der Waals surface area contributed by atoms with Crippen LogP contribution in [0.4, 0.5) is 0 Å². The fourth-order valence-electron chi connectivity index (χ4n) is 2.45. The normalized spacial score (nSPS) is 10.3. The predicted molar refractivity (Wildman–Crippen MR) is 90.7 cm³/mol. The molecule has 0 unspecified atom stereocenters. The number of hydrogen-bond donors (Lipinski definition) is 0. The maximum atomic E-state index is 12.9. The number of carbonyl (C=O) groups excluding carboxylic acids is 1. The van der Waals surface area contributed by atoms with E-state index < -0.39 is 0 Å². The third-order valence-electron chi connectivity index (χ3n) is 3.60. The Morgan fingerprint density at radius 2 is 1.43 bits per heavy atom. The fourth-order valence-corrected chi connectivity index (χ4v) is 2.45. The summed E-state index contributed by atoms with van der Waals surface area (Å²) in [5.74, 6) is 0.0140. The predicted octanol–water partition coefficient (Wildman–Crippen LogP) is 3.92. The molecule has 0 spiro atoms. The first-order chi connectivity index (χ1) is 11.3. The third kappa shape index (κ3) is 4.04. The molecule has 3 heteroatoms. The molecule has 2 aromatic carbocycles. The Labute approximate surface area is 136 Å². The number of rotatable bonds is 5. The lowest BCUT2D eigenvalue weighted by atomic mass is 10.1. The molecule has 3 rings (SSSR count). The van der Waals surface area contributed by atoms with Crippen molar-refractivity contribution in [1.29, 1.82) is 0 Å². The fraction of sp³-hybridized carbons (Fsp3) is 0.100. The number of nitrogens with zero attached hydrogens (tertiary/aromatic N) is 2. The minimum atomic E-state index is 0.0140. The molecule has 23 heavy (non-hydrogen) atoms. The first kappa shape index (κ1) is 15.0. The highest BCUT2D eigenvalue weighted by atomic mass is 16.2. The highest BCUT2D eigenvalue weighted by Crippen LogP contribution is 2.13. The summed E-state index contributed by atoms with van der Waals surface area (Å²) >= 11 is 0. The molecule has 0 saturated carbocycles. The second kappa shape index (κ2) is 7.36. The van der Waals surface area contributed by atoms with Gasteiger partial charge in [0.2, 0.25) is 0 Å². The lowest BCUT2D eigenvalue weighted by Gasteiger charge is -2.22. The van der Waals surface area contributed by atoms with Crippen LogP contribution in [0.25, 0.3) is 0 Å². The number of amides is 1. The number of pyridine rings is 1. The van der Waals surface area contributed by atoms with Crippen LogP contribution in [0.5, 0.6) is 0 Å². The molecule has 1 aromatic heterocycles. The molecule has 114 valence electrons. The van der Waals surface area contributed by atoms with E-state index in [4.69, 9.17) is 0 Å². The van der Waals surface area contributed by atoms with Crippen molar-refractivity contribution >= 4 is 5.91 Å². The van der Waals surface area contributed by atoms with Crippen molar-refractivity contribution in [1.82, 2.24) is 9.88 Å². The summed E-state index contributed by atoms with van der Waals surface area (Å²) in [6.07, 6.45) is 1.75. The molecular weight excluding hydrogens is 284 g/mol. The molecule has 3 nitrogen and oxygen atoms in total. The van der Waals surface area contributed by atoms with Gasteiger partial charge in [0.15, 0.2) is 0 Å². The molecule has 0 aliphatic rings. The number of aromatic nitrogens is 1. The Morgan fingerprint density at radius 3 is 2.09 bits per heavy atom. The van der Waals surface area contributed by atoms with Crippen LogP contribution >= 0.6 is 0 Å². The standard InChI is InChI=1S/C20H18N2O/c23-20(18-11-5-2-6-12-18)22(15-17-9-3-1-4-10-17)16-19-13-7-8-14-21-19/h1-14H,15-16H2. The van der Waals surface area contributed by atoms with Crippen molar-refractivity contribution in [3.8, 4) is 0 Å². The molecule has 0 N–H and O–H groups in total. The zero-order valence-electron chi connectivity index (χ0n) is 12.8. The van der Waals surface area contributed by atoms with Crippen LogP contribution in [0.2, 0.25) is 0 Å². The first-order valence-electron chi connectivity index (χ1n) is 7.61. The topological polar surface area (TPSA) is 33.2 Å². The summed E-state index contributed by atoms with van der Waals surface area (Å²) < 4.78 is 0. The third-order valence-corrected chi connectivity index (χ3v) is 3.60. The van der Waals surface area contributed by atoms with Crippen molar-refractivity contribution in [2.45, 2.75) is 13.1 Å². The van der Waals surface area contributed by atoms with Gasteiger partial charge in [-0.1, -0.05) is 54.6 Å². The van der Waals surface area contributed by atoms with Gasteiger partial charge < -0.3 is 4.90 Å². The van der Waals surface area contributed by atoms with Crippen LogP contribution in [-0.2, 0) is 13.1 Å². The van der Waals surface area contributed by atoms with E-state index in [1.165, 1.54) is 0 Å². The van der Waals surface area contributed by atoms with Crippen LogP contribution in [-0.4, -0.2) is 15.8 Å². The van der Waals surface area contributed by atoms with Crippen LogP contribution in [0.1, 0.15) is 21.6 Å². The van der Waals surface area contributed by atoms with Crippen LogP contribution in [0.15, 0.2) is 85.1 Å². The molecule has 0 bridgehead atoms. The highest BCUT2D eigenvalue weighted by Gasteiger charge is 2.16. The van der Waals surface area contributed by atoms with E-state index in [9.17, 15) is 4.79 Å². The number of hydrogen-bond acceptors (Lipinski definition) is 2. The van der Waals surface area contributed by atoms with E-state index in [0.717, 1.165) is 11.3 Å². The minimum Gasteiger partial charge on any atom is -0.328 e. The van der Waals surface area contributed by atoms with E-state index in [0.29, 0.717) is 18.7 Å². The van der Waals surface area contributed by atoms with Crippen LogP contribution < -0.4 is 0 Å². The second-order valence-corrected chi connectivity index (χ2v) is 5.33. The van der Waals surface area contributed by atoms with Gasteiger partial charge in [-0.2, -0.15) is 0 Å². The zero-order chi connectivity index (χ0) is 15.9. The van der Waals surface area contributed by atoms with Crippen molar-refractivity contribution < 1.29 is 4.79 Å². The monoisotopic (exact) mass is 302 g/mol. The molecule has 0 aliphatic heterocycles. The van der Waals surface area contributed by atoms with Crippen LogP contribution in [0, 0.1) is 0 Å². The van der Waals surface area contributed by atoms with E-state index >= 15 is 0 Å². The molecule has 0 aliphatic carbocycles. The maximum Gasteiger partial charge on any atom is 0.254 e. The van der Waals surface area contributed by atoms with E-state index in [1.54, 1.807) is 6.20 Å². The van der Waals surface area contributed by atoms with Gasteiger partial charge in [-0.05, 0) is 29.8 Å². The minimum absolute atomic E-state index is 0.0140. The Hall–Kier alpha value is -2.94. The van der Waals surface area contributed by atoms with Crippen molar-refractivity contribution in [3.05, 3.63) is 102 Å². The van der Waals surface area contributed by atoms with E-state index in [1.807, 2.05) is 83.8 Å². The van der Waals surface area contributed by atoms with Crippen molar-refractivity contribution in [2.75, 3.05) is 0 Å². The lowest BCUT2D eigenvalue weighted by molar-refractivity contribution is 0.0728. The largest absolute Gasteiger partial charge is 0.328 e. The summed E-state index contributed by atoms with van der Waals surface area (Å²) in [6.45, 7) is 1.05. The molecule has 0 fully saturated rings. The quantitative estimate of drug-likeness (QED) is 0.715. The molecule has 0 saturated heterocycles. The van der Waals surface area contributed by atoms with E-state index in [-0.39, 0.29) is 5.91 Å². The molecule has 0 atom stereocenters. The highest BCUT2D eigenvalue weighted by molar-refractivity contribution is 5.94. The van der Waals surface area contributed by atoms with E-state index in [2.05, 4.69) is 4.98 Å². The summed E-state index contributed by atoms with van der Waals surface area (Å²) in [5.41, 5.74) is 2.68. The SMILES string of the molecule is O=C(c1ccccc1)N(Cc1ccccc1)Cc1ccccn1.